The Morgan fingerprint density at radius 3 is 2.38 bits per heavy atom. The fraction of sp³-hybridized carbons (Fsp3) is 0.111. The van der Waals surface area contributed by atoms with Crippen molar-refractivity contribution < 1.29 is 9.21 Å². The Hall–Kier alpha value is -3.28. The van der Waals surface area contributed by atoms with Crippen LogP contribution < -0.4 is 15.5 Å². The van der Waals surface area contributed by atoms with Crippen LogP contribution in [0.4, 0.5) is 22.9 Å². The zero-order valence-corrected chi connectivity index (χ0v) is 13.5. The minimum atomic E-state index is -0.326. The molecule has 0 atom stereocenters. The van der Waals surface area contributed by atoms with Crippen LogP contribution in [0.3, 0.4) is 0 Å². The molecule has 0 spiro atoms. The summed E-state index contributed by atoms with van der Waals surface area (Å²) in [7, 11) is 4.00. The lowest BCUT2D eigenvalue weighted by Gasteiger charge is -2.13. The highest BCUT2D eigenvalue weighted by molar-refractivity contribution is 6.01. The molecular formula is C18H18N4O2. The zero-order valence-electron chi connectivity index (χ0n) is 13.5. The van der Waals surface area contributed by atoms with E-state index in [2.05, 4.69) is 15.6 Å². The topological polar surface area (TPSA) is 70.4 Å². The number of nitrogens with one attached hydrogen (secondary N) is 2. The normalized spacial score (nSPS) is 10.2. The van der Waals surface area contributed by atoms with Crippen LogP contribution >= 0.6 is 0 Å². The van der Waals surface area contributed by atoms with E-state index in [1.807, 2.05) is 49.3 Å². The van der Waals surface area contributed by atoms with Crippen LogP contribution in [0.25, 0.3) is 0 Å². The van der Waals surface area contributed by atoms with Crippen molar-refractivity contribution in [1.29, 1.82) is 0 Å². The van der Waals surface area contributed by atoms with Gasteiger partial charge in [-0.25, -0.2) is 4.98 Å². The van der Waals surface area contributed by atoms with Gasteiger partial charge in [0.25, 0.3) is 5.91 Å². The third-order valence-electron chi connectivity index (χ3n) is 3.42. The fourth-order valence-electron chi connectivity index (χ4n) is 2.14. The first kappa shape index (κ1) is 15.6. The zero-order chi connectivity index (χ0) is 16.9. The second-order valence-electron chi connectivity index (χ2n) is 5.43. The first-order chi connectivity index (χ1) is 11.6. The molecule has 2 heterocycles. The van der Waals surface area contributed by atoms with Gasteiger partial charge in [-0.2, -0.15) is 0 Å². The molecule has 122 valence electrons. The van der Waals surface area contributed by atoms with Crippen LogP contribution in [0, 0.1) is 0 Å². The average molecular weight is 322 g/mol. The standard InChI is InChI=1S/C18H18N4O2/c1-22(2)15-8-5-13(6-9-15)20-14-7-10-17(19-12-14)21-18(23)16-4-3-11-24-16/h3-12,20H,1-2H3,(H,19,21,23). The molecular weight excluding hydrogens is 304 g/mol. The van der Waals surface area contributed by atoms with E-state index in [4.69, 9.17) is 4.42 Å². The summed E-state index contributed by atoms with van der Waals surface area (Å²) in [6, 6.07) is 14.9. The first-order valence-corrected chi connectivity index (χ1v) is 7.47. The molecule has 0 aliphatic carbocycles. The number of anilines is 4. The van der Waals surface area contributed by atoms with Gasteiger partial charge >= 0.3 is 0 Å². The van der Waals surface area contributed by atoms with Gasteiger partial charge < -0.3 is 20.0 Å². The lowest BCUT2D eigenvalue weighted by Crippen LogP contribution is -2.11. The number of carbonyl (C=O) groups excluding carboxylic acids is 1. The maximum Gasteiger partial charge on any atom is 0.292 e. The average Bonchev–Trinajstić information content (AvgIpc) is 3.12. The second kappa shape index (κ2) is 6.87. The van der Waals surface area contributed by atoms with Gasteiger partial charge in [-0.15, -0.1) is 0 Å². The van der Waals surface area contributed by atoms with E-state index in [-0.39, 0.29) is 11.7 Å². The number of hydrogen-bond donors (Lipinski definition) is 2. The van der Waals surface area contributed by atoms with Gasteiger partial charge in [0.2, 0.25) is 0 Å². The molecule has 0 saturated heterocycles. The summed E-state index contributed by atoms with van der Waals surface area (Å²) < 4.78 is 5.04. The van der Waals surface area contributed by atoms with Gasteiger partial charge in [-0.1, -0.05) is 0 Å². The highest BCUT2D eigenvalue weighted by atomic mass is 16.3. The largest absolute Gasteiger partial charge is 0.459 e. The predicted molar refractivity (Wildman–Crippen MR) is 94.9 cm³/mol. The van der Waals surface area contributed by atoms with E-state index in [1.165, 1.54) is 6.26 Å². The quantitative estimate of drug-likeness (QED) is 0.749. The minimum absolute atomic E-state index is 0.250. The van der Waals surface area contributed by atoms with Gasteiger partial charge in [0.1, 0.15) is 5.82 Å². The number of carbonyl (C=O) groups is 1. The number of furan rings is 1. The molecule has 0 aliphatic heterocycles. The van der Waals surface area contributed by atoms with Crippen LogP contribution in [0.15, 0.2) is 65.4 Å². The van der Waals surface area contributed by atoms with Crippen molar-refractivity contribution >= 4 is 28.8 Å². The van der Waals surface area contributed by atoms with Crippen LogP contribution in [0.2, 0.25) is 0 Å². The Bertz CT molecular complexity index is 794. The molecule has 3 rings (SSSR count). The Balaban J connectivity index is 1.63. The molecule has 6 nitrogen and oxygen atoms in total. The molecule has 0 unspecified atom stereocenters. The predicted octanol–water partition coefficient (Wildman–Crippen LogP) is 3.74. The number of hydrogen-bond acceptors (Lipinski definition) is 5. The number of aromatic nitrogens is 1. The van der Waals surface area contributed by atoms with Crippen LogP contribution in [0.5, 0.6) is 0 Å². The molecule has 2 aromatic heterocycles. The van der Waals surface area contributed by atoms with Crippen LogP contribution in [0.1, 0.15) is 10.6 Å². The summed E-state index contributed by atoms with van der Waals surface area (Å²) in [6.07, 6.45) is 3.12. The molecule has 6 heteroatoms. The lowest BCUT2D eigenvalue weighted by atomic mass is 10.2. The number of benzene rings is 1. The summed E-state index contributed by atoms with van der Waals surface area (Å²) in [5.74, 6) is 0.386. The molecule has 0 saturated carbocycles. The van der Waals surface area contributed by atoms with Gasteiger partial charge in [0.15, 0.2) is 5.76 Å². The fourth-order valence-corrected chi connectivity index (χ4v) is 2.14. The summed E-state index contributed by atoms with van der Waals surface area (Å²) >= 11 is 0. The Kier molecular flexibility index (Phi) is 4.47. The summed E-state index contributed by atoms with van der Waals surface area (Å²) in [6.45, 7) is 0. The maximum absolute atomic E-state index is 11.9. The summed E-state index contributed by atoms with van der Waals surface area (Å²) in [4.78, 5) is 18.1. The molecule has 0 fully saturated rings. The van der Waals surface area contributed by atoms with E-state index in [9.17, 15) is 4.79 Å². The molecule has 0 bridgehead atoms. The van der Waals surface area contributed by atoms with E-state index >= 15 is 0 Å². The Morgan fingerprint density at radius 2 is 1.79 bits per heavy atom. The number of pyridine rings is 1. The molecule has 3 aromatic rings. The van der Waals surface area contributed by atoms with Gasteiger partial charge in [-0.3, -0.25) is 4.79 Å². The minimum Gasteiger partial charge on any atom is -0.459 e. The Morgan fingerprint density at radius 1 is 1.04 bits per heavy atom. The van der Waals surface area contributed by atoms with Crippen molar-refractivity contribution in [1.82, 2.24) is 4.98 Å². The van der Waals surface area contributed by atoms with Crippen molar-refractivity contribution in [2.45, 2.75) is 0 Å². The molecule has 2 N–H and O–H groups in total. The highest BCUT2D eigenvalue weighted by Crippen LogP contribution is 2.20. The van der Waals surface area contributed by atoms with E-state index < -0.39 is 0 Å². The summed E-state index contributed by atoms with van der Waals surface area (Å²) in [5.41, 5.74) is 2.94. The SMILES string of the molecule is CN(C)c1ccc(Nc2ccc(NC(=O)c3ccco3)nc2)cc1. The van der Waals surface area contributed by atoms with Crippen molar-refractivity contribution in [3.8, 4) is 0 Å². The van der Waals surface area contributed by atoms with Gasteiger partial charge in [0, 0.05) is 25.5 Å². The monoisotopic (exact) mass is 322 g/mol. The van der Waals surface area contributed by atoms with E-state index in [0.29, 0.717) is 5.82 Å². The van der Waals surface area contributed by atoms with Gasteiger partial charge in [0.05, 0.1) is 18.1 Å². The molecule has 0 aliphatic rings. The first-order valence-electron chi connectivity index (χ1n) is 7.47. The van der Waals surface area contributed by atoms with Crippen LogP contribution in [-0.2, 0) is 0 Å². The maximum atomic E-state index is 11.9. The highest BCUT2D eigenvalue weighted by Gasteiger charge is 2.09. The van der Waals surface area contributed by atoms with E-state index in [0.717, 1.165) is 17.1 Å². The number of rotatable bonds is 5. The Labute approximate surface area is 140 Å². The second-order valence-corrected chi connectivity index (χ2v) is 5.43. The smallest absolute Gasteiger partial charge is 0.292 e. The van der Waals surface area contributed by atoms with Crippen molar-refractivity contribution in [3.63, 3.8) is 0 Å². The lowest BCUT2D eigenvalue weighted by molar-refractivity contribution is 0.0996. The van der Waals surface area contributed by atoms with Crippen molar-refractivity contribution in [2.24, 2.45) is 0 Å². The molecule has 24 heavy (non-hydrogen) atoms. The van der Waals surface area contributed by atoms with Crippen molar-refractivity contribution in [2.75, 3.05) is 29.6 Å². The number of amides is 1. The van der Waals surface area contributed by atoms with Gasteiger partial charge in [-0.05, 0) is 48.5 Å². The molecule has 1 amide bonds. The molecule has 0 radical (unpaired) electrons. The number of nitrogens with zero attached hydrogens (tertiary/aromatic N) is 2. The third kappa shape index (κ3) is 3.73. The van der Waals surface area contributed by atoms with Crippen molar-refractivity contribution in [3.05, 3.63) is 66.8 Å². The van der Waals surface area contributed by atoms with E-state index in [1.54, 1.807) is 24.4 Å². The summed E-state index contributed by atoms with van der Waals surface area (Å²) in [5, 5.41) is 5.94. The molecule has 1 aromatic carbocycles. The third-order valence-corrected chi connectivity index (χ3v) is 3.42. The van der Waals surface area contributed by atoms with Crippen LogP contribution in [-0.4, -0.2) is 25.0 Å².